The van der Waals surface area contributed by atoms with E-state index in [0.717, 1.165) is 24.2 Å². The molecule has 0 radical (unpaired) electrons. The fraction of sp³-hybridized carbons (Fsp3) is 0.296. The Morgan fingerprint density at radius 1 is 0.971 bits per heavy atom. The van der Waals surface area contributed by atoms with Gasteiger partial charge in [-0.25, -0.2) is 9.37 Å². The van der Waals surface area contributed by atoms with Crippen molar-refractivity contribution in [3.8, 4) is 28.8 Å². The third-order valence-electron chi connectivity index (χ3n) is 6.38. The summed E-state index contributed by atoms with van der Waals surface area (Å²) < 4.78 is 31.2. The normalized spacial score (nSPS) is 17.6. The molecule has 35 heavy (non-hydrogen) atoms. The summed E-state index contributed by atoms with van der Waals surface area (Å²) in [6, 6.07) is 17.5. The van der Waals surface area contributed by atoms with Gasteiger partial charge in [-0.1, -0.05) is 43.3 Å². The van der Waals surface area contributed by atoms with Gasteiger partial charge < -0.3 is 19.7 Å². The van der Waals surface area contributed by atoms with E-state index in [9.17, 15) is 4.39 Å². The van der Waals surface area contributed by atoms with Crippen molar-refractivity contribution in [3.05, 3.63) is 83.6 Å². The van der Waals surface area contributed by atoms with Crippen LogP contribution in [0, 0.1) is 12.7 Å². The van der Waals surface area contributed by atoms with Gasteiger partial charge in [-0.15, -0.1) is 0 Å². The van der Waals surface area contributed by atoms with Crippen LogP contribution >= 0.6 is 0 Å². The van der Waals surface area contributed by atoms with Crippen LogP contribution in [0.2, 0.25) is 0 Å². The van der Waals surface area contributed by atoms with Gasteiger partial charge in [0.25, 0.3) is 0 Å². The molecular formula is C27H27FN4O3. The van der Waals surface area contributed by atoms with E-state index in [0.29, 0.717) is 11.6 Å². The molecule has 0 amide bonds. The maximum atomic E-state index is 14.5. The minimum absolute atomic E-state index is 0.0129. The Morgan fingerprint density at radius 3 is 2.14 bits per heavy atom. The minimum atomic E-state index is -0.589. The maximum absolute atomic E-state index is 14.5. The molecule has 5 rings (SSSR count). The largest absolute Gasteiger partial charge is 0.490 e. The molecule has 0 spiro atoms. The smallest absolute Gasteiger partial charge is 0.224 e. The van der Waals surface area contributed by atoms with Gasteiger partial charge in [0.05, 0.1) is 6.20 Å². The van der Waals surface area contributed by atoms with Crippen LogP contribution in [-0.4, -0.2) is 27.3 Å². The van der Waals surface area contributed by atoms with E-state index in [4.69, 9.17) is 19.7 Å². The average molecular weight is 475 g/mol. The number of aromatic nitrogens is 3. The van der Waals surface area contributed by atoms with Gasteiger partial charge in [0.15, 0.2) is 5.82 Å². The summed E-state index contributed by atoms with van der Waals surface area (Å²) in [6.07, 6.45) is 3.47. The van der Waals surface area contributed by atoms with Gasteiger partial charge in [0, 0.05) is 24.4 Å². The van der Waals surface area contributed by atoms with Crippen LogP contribution in [0.3, 0.4) is 0 Å². The second-order valence-corrected chi connectivity index (χ2v) is 9.39. The molecule has 8 heteroatoms. The molecular weight excluding hydrogens is 447 g/mol. The van der Waals surface area contributed by atoms with Crippen LogP contribution in [0.5, 0.6) is 17.2 Å². The first-order valence-electron chi connectivity index (χ1n) is 11.6. The summed E-state index contributed by atoms with van der Waals surface area (Å²) in [4.78, 5) is 8.10. The van der Waals surface area contributed by atoms with Crippen molar-refractivity contribution in [2.45, 2.75) is 51.2 Å². The molecule has 0 unspecified atom stereocenters. The van der Waals surface area contributed by atoms with Gasteiger partial charge in [-0.2, -0.15) is 4.98 Å². The molecule has 1 aliphatic carbocycles. The van der Waals surface area contributed by atoms with E-state index in [-0.39, 0.29) is 34.8 Å². The lowest BCUT2D eigenvalue weighted by molar-refractivity contribution is 0.101. The van der Waals surface area contributed by atoms with Gasteiger partial charge in [0.1, 0.15) is 29.0 Å². The van der Waals surface area contributed by atoms with E-state index in [1.54, 1.807) is 6.92 Å². The highest BCUT2D eigenvalue weighted by Gasteiger charge is 2.28. The number of rotatable bonds is 7. The molecule has 1 fully saturated rings. The number of nitrogens with zero attached hydrogens (tertiary/aromatic N) is 3. The monoisotopic (exact) mass is 474 g/mol. The van der Waals surface area contributed by atoms with Gasteiger partial charge >= 0.3 is 0 Å². The lowest BCUT2D eigenvalue weighted by Gasteiger charge is -2.33. The van der Waals surface area contributed by atoms with Crippen molar-refractivity contribution in [1.82, 2.24) is 15.1 Å². The van der Waals surface area contributed by atoms with Crippen LogP contribution in [0.1, 0.15) is 43.7 Å². The molecule has 4 aromatic rings. The number of pyridine rings is 1. The number of aryl methyl sites for hydroxylation is 1. The van der Waals surface area contributed by atoms with Gasteiger partial charge in [-0.05, 0) is 48.2 Å². The summed E-state index contributed by atoms with van der Waals surface area (Å²) in [6.45, 7) is 5.97. The van der Waals surface area contributed by atoms with Crippen molar-refractivity contribution in [3.63, 3.8) is 0 Å². The summed E-state index contributed by atoms with van der Waals surface area (Å²) >= 11 is 0. The molecule has 0 atom stereocenters. The second-order valence-electron chi connectivity index (χ2n) is 9.39. The van der Waals surface area contributed by atoms with E-state index in [1.165, 1.54) is 17.8 Å². The van der Waals surface area contributed by atoms with Crippen molar-refractivity contribution < 1.29 is 18.4 Å². The van der Waals surface area contributed by atoms with Crippen LogP contribution in [0.4, 0.5) is 4.39 Å². The quantitative estimate of drug-likeness (QED) is 0.374. The molecule has 2 aromatic carbocycles. The summed E-state index contributed by atoms with van der Waals surface area (Å²) in [5.41, 5.74) is 7.92. The Morgan fingerprint density at radius 2 is 1.60 bits per heavy atom. The maximum Gasteiger partial charge on any atom is 0.224 e. The molecule has 1 saturated carbocycles. The van der Waals surface area contributed by atoms with Crippen molar-refractivity contribution in [2.24, 2.45) is 5.73 Å². The standard InChI is InChI=1S/C27H27FN4O3/c1-16-31-26(32-35-16)25-24(28)14-23(15-30-25)34-21-10-6-18(7-11-21)27(2,3)17-4-8-20(9-5-17)33-22-12-19(29)13-22/h4-11,14-15,19,22H,12-13,29H2,1-3H3. The topological polar surface area (TPSA) is 96.3 Å². The first kappa shape index (κ1) is 23.0. The lowest BCUT2D eigenvalue weighted by atomic mass is 9.78. The predicted molar refractivity (Wildman–Crippen MR) is 129 cm³/mol. The molecule has 2 aromatic heterocycles. The Kier molecular flexibility index (Phi) is 5.98. The number of nitrogens with two attached hydrogens (primary N) is 1. The molecule has 2 heterocycles. The van der Waals surface area contributed by atoms with Crippen LogP contribution in [-0.2, 0) is 5.41 Å². The van der Waals surface area contributed by atoms with Gasteiger partial charge in [0.2, 0.25) is 11.7 Å². The fourth-order valence-corrected chi connectivity index (χ4v) is 4.12. The second kappa shape index (κ2) is 9.11. The third kappa shape index (κ3) is 4.88. The highest BCUT2D eigenvalue weighted by atomic mass is 19.1. The zero-order valence-electron chi connectivity index (χ0n) is 19.9. The minimum Gasteiger partial charge on any atom is -0.490 e. The predicted octanol–water partition coefficient (Wildman–Crippen LogP) is 5.57. The van der Waals surface area contributed by atoms with E-state index >= 15 is 0 Å². The Balaban J connectivity index is 1.26. The zero-order chi connectivity index (χ0) is 24.6. The number of benzene rings is 2. The third-order valence-corrected chi connectivity index (χ3v) is 6.38. The van der Waals surface area contributed by atoms with Crippen molar-refractivity contribution >= 4 is 0 Å². The van der Waals surface area contributed by atoms with E-state index in [2.05, 4.69) is 41.1 Å². The number of hydrogen-bond acceptors (Lipinski definition) is 7. The Labute approximate surface area is 203 Å². The van der Waals surface area contributed by atoms with Gasteiger partial charge in [-0.3, -0.25) is 0 Å². The summed E-state index contributed by atoms with van der Waals surface area (Å²) in [5.74, 6) is 1.58. The highest BCUT2D eigenvalue weighted by molar-refractivity contribution is 5.51. The van der Waals surface area contributed by atoms with Crippen LogP contribution in [0.15, 0.2) is 65.3 Å². The Bertz CT molecular complexity index is 1310. The lowest BCUT2D eigenvalue weighted by Crippen LogP contribution is -2.43. The number of ether oxygens (including phenoxy) is 2. The van der Waals surface area contributed by atoms with Crippen LogP contribution < -0.4 is 15.2 Å². The summed E-state index contributed by atoms with van der Waals surface area (Å²) in [7, 11) is 0. The number of hydrogen-bond donors (Lipinski definition) is 1. The summed E-state index contributed by atoms with van der Waals surface area (Å²) in [5, 5.41) is 3.70. The Hall–Kier alpha value is -3.78. The molecule has 7 nitrogen and oxygen atoms in total. The van der Waals surface area contributed by atoms with Crippen molar-refractivity contribution in [2.75, 3.05) is 0 Å². The molecule has 1 aliphatic rings. The first-order valence-corrected chi connectivity index (χ1v) is 11.6. The molecule has 180 valence electrons. The molecule has 0 aliphatic heterocycles. The SMILES string of the molecule is Cc1nc(-c2ncc(Oc3ccc(C(C)(C)c4ccc(OC5CC(N)C5)cc4)cc3)cc2F)no1. The first-order chi connectivity index (χ1) is 16.8. The highest BCUT2D eigenvalue weighted by Crippen LogP contribution is 2.35. The zero-order valence-corrected chi connectivity index (χ0v) is 19.9. The number of halogens is 1. The molecule has 0 bridgehead atoms. The van der Waals surface area contributed by atoms with E-state index < -0.39 is 5.82 Å². The fourth-order valence-electron chi connectivity index (χ4n) is 4.12. The van der Waals surface area contributed by atoms with E-state index in [1.807, 2.05) is 36.4 Å². The molecule has 2 N–H and O–H groups in total. The van der Waals surface area contributed by atoms with Crippen LogP contribution in [0.25, 0.3) is 11.5 Å². The molecule has 0 saturated heterocycles. The van der Waals surface area contributed by atoms with Crippen molar-refractivity contribution in [1.29, 1.82) is 0 Å². The average Bonchev–Trinajstić information content (AvgIpc) is 3.25.